The molecule has 5 nitrogen and oxygen atoms in total. The van der Waals surface area contributed by atoms with E-state index in [1.165, 1.54) is 19.3 Å². The Morgan fingerprint density at radius 2 is 1.93 bits per heavy atom. The summed E-state index contributed by atoms with van der Waals surface area (Å²) < 4.78 is 11.8. The van der Waals surface area contributed by atoms with Crippen LogP contribution in [0.25, 0.3) is 0 Å². The van der Waals surface area contributed by atoms with E-state index in [2.05, 4.69) is 43.2 Å². The minimum Gasteiger partial charge on any atom is -0.381 e. The van der Waals surface area contributed by atoms with Crippen LogP contribution in [0.4, 0.5) is 0 Å². The molecule has 0 aromatic carbocycles. The van der Waals surface area contributed by atoms with Crippen molar-refractivity contribution in [1.29, 1.82) is 0 Å². The molecule has 3 aliphatic rings. The number of hydrogen-bond acceptors (Lipinski definition) is 4. The van der Waals surface area contributed by atoms with Gasteiger partial charge in [0.25, 0.3) is 0 Å². The summed E-state index contributed by atoms with van der Waals surface area (Å²) in [5, 5.41) is 7.22. The summed E-state index contributed by atoms with van der Waals surface area (Å²) in [6, 6.07) is 0.509. The lowest BCUT2D eigenvalue weighted by Gasteiger charge is -2.61. The first-order valence-electron chi connectivity index (χ1n) is 10.6. The third-order valence-electron chi connectivity index (χ3n) is 6.47. The molecule has 0 aromatic rings. The third-order valence-corrected chi connectivity index (χ3v) is 7.91. The van der Waals surface area contributed by atoms with Crippen LogP contribution in [-0.4, -0.2) is 61.5 Å². The minimum atomic E-state index is 0. The number of thioether (sulfide) groups is 1. The number of nitrogens with one attached hydrogen (secondary N) is 2. The summed E-state index contributed by atoms with van der Waals surface area (Å²) in [7, 11) is 0. The van der Waals surface area contributed by atoms with Gasteiger partial charge in [-0.2, -0.15) is 11.8 Å². The Kier molecular flexibility index (Phi) is 9.49. The molecule has 0 radical (unpaired) electrons. The van der Waals surface area contributed by atoms with Crippen molar-refractivity contribution in [2.24, 2.45) is 10.4 Å². The van der Waals surface area contributed by atoms with Crippen molar-refractivity contribution in [3.05, 3.63) is 0 Å². The van der Waals surface area contributed by atoms with Gasteiger partial charge in [0.2, 0.25) is 0 Å². The molecule has 1 aliphatic heterocycles. The fourth-order valence-corrected chi connectivity index (χ4v) is 5.97. The van der Waals surface area contributed by atoms with Gasteiger partial charge in [-0.3, -0.25) is 4.99 Å². The van der Waals surface area contributed by atoms with Crippen molar-refractivity contribution in [3.8, 4) is 0 Å². The molecule has 7 heteroatoms. The van der Waals surface area contributed by atoms with E-state index in [4.69, 9.17) is 14.5 Å². The highest BCUT2D eigenvalue weighted by molar-refractivity contribution is 14.0. The second-order valence-electron chi connectivity index (χ2n) is 7.89. The van der Waals surface area contributed by atoms with Gasteiger partial charge in [0.1, 0.15) is 0 Å². The second-order valence-corrected chi connectivity index (χ2v) is 9.62. The molecule has 1 saturated heterocycles. The van der Waals surface area contributed by atoms with Gasteiger partial charge < -0.3 is 20.1 Å². The molecule has 2 aliphatic carbocycles. The van der Waals surface area contributed by atoms with E-state index in [1.54, 1.807) is 0 Å². The summed E-state index contributed by atoms with van der Waals surface area (Å²) in [5.74, 6) is 2.13. The number of rotatable bonds is 8. The highest BCUT2D eigenvalue weighted by atomic mass is 127. The molecule has 2 atom stereocenters. The van der Waals surface area contributed by atoms with Gasteiger partial charge in [0.15, 0.2) is 5.96 Å². The van der Waals surface area contributed by atoms with Crippen molar-refractivity contribution in [3.63, 3.8) is 0 Å². The molecular weight excluding hydrogens is 473 g/mol. The van der Waals surface area contributed by atoms with Crippen LogP contribution in [0, 0.1) is 5.41 Å². The lowest BCUT2D eigenvalue weighted by molar-refractivity contribution is -0.168. The molecule has 2 N–H and O–H groups in total. The molecule has 27 heavy (non-hydrogen) atoms. The Labute approximate surface area is 186 Å². The first-order chi connectivity index (χ1) is 12.7. The van der Waals surface area contributed by atoms with E-state index < -0.39 is 0 Å². The van der Waals surface area contributed by atoms with Crippen LogP contribution in [-0.2, 0) is 9.47 Å². The van der Waals surface area contributed by atoms with Gasteiger partial charge in [-0.25, -0.2) is 0 Å². The van der Waals surface area contributed by atoms with Gasteiger partial charge in [0, 0.05) is 42.6 Å². The third kappa shape index (κ3) is 5.25. The average Bonchev–Trinajstić information content (AvgIpc) is 2.58. The fraction of sp³-hybridized carbons (Fsp3) is 0.950. The lowest BCUT2D eigenvalue weighted by Crippen LogP contribution is -2.68. The smallest absolute Gasteiger partial charge is 0.191 e. The first-order valence-corrected chi connectivity index (χ1v) is 11.5. The Morgan fingerprint density at radius 3 is 2.48 bits per heavy atom. The zero-order valence-corrected chi connectivity index (χ0v) is 20.4. The van der Waals surface area contributed by atoms with Gasteiger partial charge in [-0.15, -0.1) is 24.0 Å². The van der Waals surface area contributed by atoms with Crippen molar-refractivity contribution in [1.82, 2.24) is 10.6 Å². The number of ether oxygens (including phenoxy) is 2. The zero-order valence-electron chi connectivity index (χ0n) is 17.2. The Hall–Kier alpha value is 0.270. The molecule has 0 amide bonds. The van der Waals surface area contributed by atoms with Crippen molar-refractivity contribution in [2.75, 3.05) is 38.7 Å². The molecule has 3 fully saturated rings. The quantitative estimate of drug-likeness (QED) is 0.295. The van der Waals surface area contributed by atoms with E-state index in [9.17, 15) is 0 Å². The molecule has 0 bridgehead atoms. The predicted octanol–water partition coefficient (Wildman–Crippen LogP) is 3.81. The summed E-state index contributed by atoms with van der Waals surface area (Å²) in [5.41, 5.74) is 0.362. The zero-order chi connectivity index (χ0) is 18.5. The van der Waals surface area contributed by atoms with Gasteiger partial charge in [-0.1, -0.05) is 13.3 Å². The van der Waals surface area contributed by atoms with Crippen molar-refractivity contribution < 1.29 is 9.47 Å². The van der Waals surface area contributed by atoms with Crippen LogP contribution >= 0.6 is 35.7 Å². The van der Waals surface area contributed by atoms with Crippen molar-refractivity contribution in [2.45, 2.75) is 76.2 Å². The highest BCUT2D eigenvalue weighted by Gasteiger charge is 2.59. The van der Waals surface area contributed by atoms with E-state index in [0.29, 0.717) is 17.6 Å². The number of guanidine groups is 1. The molecule has 2 saturated carbocycles. The number of aliphatic imine (C=N–C) groups is 1. The average molecular weight is 512 g/mol. The summed E-state index contributed by atoms with van der Waals surface area (Å²) in [4.78, 5) is 5.02. The van der Waals surface area contributed by atoms with Gasteiger partial charge >= 0.3 is 0 Å². The van der Waals surface area contributed by atoms with Gasteiger partial charge in [0.05, 0.1) is 12.6 Å². The monoisotopic (exact) mass is 511 g/mol. The van der Waals surface area contributed by atoms with Crippen LogP contribution in [0.1, 0.15) is 59.3 Å². The maximum atomic E-state index is 5.99. The fourth-order valence-electron chi connectivity index (χ4n) is 4.75. The van der Waals surface area contributed by atoms with Crippen molar-refractivity contribution >= 4 is 41.7 Å². The second kappa shape index (κ2) is 10.9. The molecular formula is C20H38IN3O2S. The van der Waals surface area contributed by atoms with E-state index in [-0.39, 0.29) is 28.7 Å². The van der Waals surface area contributed by atoms with E-state index in [1.807, 2.05) is 0 Å². The molecule has 3 rings (SSSR count). The minimum absolute atomic E-state index is 0. The molecule has 1 spiro atoms. The molecule has 0 aromatic heterocycles. The standard InChI is InChI=1S/C20H37N3O2S.HI/c1-4-21-18(22-15-19(26-6-3)10-12-24-13-11-19)23-16-14-17(25-5-2)20(16)8-7-9-20;/h16-17H,4-15H2,1-3H3,(H2,21,22,23);1H. The summed E-state index contributed by atoms with van der Waals surface area (Å²) in [6.45, 7) is 10.8. The molecule has 1 heterocycles. The summed E-state index contributed by atoms with van der Waals surface area (Å²) >= 11 is 2.06. The normalized spacial score (nSPS) is 28.6. The number of hydrogen-bond donors (Lipinski definition) is 2. The van der Waals surface area contributed by atoms with Crippen LogP contribution in [0.2, 0.25) is 0 Å². The van der Waals surface area contributed by atoms with Crippen LogP contribution < -0.4 is 10.6 Å². The Balaban J connectivity index is 0.00000261. The Morgan fingerprint density at radius 1 is 1.19 bits per heavy atom. The van der Waals surface area contributed by atoms with E-state index in [0.717, 1.165) is 63.9 Å². The lowest BCUT2D eigenvalue weighted by atomic mass is 9.51. The van der Waals surface area contributed by atoms with E-state index >= 15 is 0 Å². The number of halogens is 1. The predicted molar refractivity (Wildman–Crippen MR) is 126 cm³/mol. The molecule has 2 unspecified atom stereocenters. The number of nitrogens with zero attached hydrogens (tertiary/aromatic N) is 1. The highest BCUT2D eigenvalue weighted by Crippen LogP contribution is 2.57. The largest absolute Gasteiger partial charge is 0.381 e. The van der Waals surface area contributed by atoms with Gasteiger partial charge in [-0.05, 0) is 51.7 Å². The molecule has 158 valence electrons. The topological polar surface area (TPSA) is 54.9 Å². The Bertz CT molecular complexity index is 476. The maximum absolute atomic E-state index is 5.99. The SMILES string of the molecule is CCNC(=NCC1(SCC)CCOCC1)NC1CC(OCC)C12CCC2.I. The maximum Gasteiger partial charge on any atom is 0.191 e. The van der Waals surface area contributed by atoms with Crippen LogP contribution in [0.3, 0.4) is 0 Å². The van der Waals surface area contributed by atoms with Crippen LogP contribution in [0.5, 0.6) is 0 Å². The summed E-state index contributed by atoms with van der Waals surface area (Å²) in [6.07, 6.45) is 7.69. The van der Waals surface area contributed by atoms with Crippen LogP contribution in [0.15, 0.2) is 4.99 Å². The first kappa shape index (κ1) is 23.5.